The van der Waals surface area contributed by atoms with E-state index in [0.29, 0.717) is 31.9 Å². The van der Waals surface area contributed by atoms with Gasteiger partial charge in [-0.1, -0.05) is 24.9 Å². The lowest BCUT2D eigenvalue weighted by Gasteiger charge is -2.10. The van der Waals surface area contributed by atoms with E-state index in [1.807, 2.05) is 0 Å². The van der Waals surface area contributed by atoms with Crippen molar-refractivity contribution in [1.29, 1.82) is 0 Å². The normalized spacial score (nSPS) is 11.8. The van der Waals surface area contributed by atoms with Crippen molar-refractivity contribution in [3.8, 4) is 0 Å². The van der Waals surface area contributed by atoms with Gasteiger partial charge >= 0.3 is 0 Å². The third-order valence-electron chi connectivity index (χ3n) is 3.01. The van der Waals surface area contributed by atoms with Gasteiger partial charge in [0.15, 0.2) is 0 Å². The molecule has 1 aromatic rings. The summed E-state index contributed by atoms with van der Waals surface area (Å²) in [5.74, 6) is 0. The van der Waals surface area contributed by atoms with Crippen LogP contribution in [0.15, 0.2) is 17.0 Å². The highest BCUT2D eigenvalue weighted by Gasteiger charge is 2.18. The van der Waals surface area contributed by atoms with Crippen LogP contribution in [0.1, 0.15) is 31.7 Å². The van der Waals surface area contributed by atoms with E-state index >= 15 is 0 Å². The number of aryl methyl sites for hydroxylation is 1. The smallest absolute Gasteiger partial charge is 0.242 e. The summed E-state index contributed by atoms with van der Waals surface area (Å²) in [7, 11) is -3.65. The number of rotatable bonds is 9. The molecule has 0 unspecified atom stereocenters. The van der Waals surface area contributed by atoms with Crippen LogP contribution in [-0.4, -0.2) is 28.2 Å². The first-order valence-electron chi connectivity index (χ1n) is 7.01. The number of sulfonamides is 1. The van der Waals surface area contributed by atoms with E-state index in [9.17, 15) is 8.42 Å². The van der Waals surface area contributed by atoms with Crippen LogP contribution in [0.25, 0.3) is 0 Å². The van der Waals surface area contributed by atoms with E-state index < -0.39 is 10.0 Å². The minimum atomic E-state index is -3.65. The molecule has 0 fully saturated rings. The Labute approximate surface area is 131 Å². The van der Waals surface area contributed by atoms with Crippen LogP contribution < -0.4 is 10.5 Å². The maximum atomic E-state index is 12.2. The summed E-state index contributed by atoms with van der Waals surface area (Å²) in [6.07, 6.45) is 2.71. The highest BCUT2D eigenvalue weighted by atomic mass is 35.5. The van der Waals surface area contributed by atoms with Crippen molar-refractivity contribution >= 4 is 27.3 Å². The summed E-state index contributed by atoms with van der Waals surface area (Å²) in [5.41, 5.74) is 6.90. The van der Waals surface area contributed by atoms with Gasteiger partial charge in [-0.25, -0.2) is 13.1 Å². The SMILES string of the molecule is CCCCOCCCNS(=O)(=O)c1cc(N)c(C)cc1Cl. The van der Waals surface area contributed by atoms with E-state index in [1.54, 1.807) is 13.0 Å². The molecule has 0 spiro atoms. The highest BCUT2D eigenvalue weighted by molar-refractivity contribution is 7.89. The maximum Gasteiger partial charge on any atom is 0.242 e. The fourth-order valence-corrected chi connectivity index (χ4v) is 3.37. The number of anilines is 1. The Morgan fingerprint density at radius 2 is 1.95 bits per heavy atom. The number of halogens is 1. The molecule has 0 aliphatic heterocycles. The van der Waals surface area contributed by atoms with Gasteiger partial charge in [-0.3, -0.25) is 0 Å². The number of benzene rings is 1. The highest BCUT2D eigenvalue weighted by Crippen LogP contribution is 2.26. The van der Waals surface area contributed by atoms with E-state index in [-0.39, 0.29) is 9.92 Å². The molecule has 1 rings (SSSR count). The Balaban J connectivity index is 2.53. The molecule has 5 nitrogen and oxygen atoms in total. The Hall–Kier alpha value is -0.820. The van der Waals surface area contributed by atoms with E-state index in [2.05, 4.69) is 11.6 Å². The van der Waals surface area contributed by atoms with Crippen LogP contribution >= 0.6 is 11.6 Å². The van der Waals surface area contributed by atoms with Crippen molar-refractivity contribution in [1.82, 2.24) is 4.72 Å². The number of nitrogen functional groups attached to an aromatic ring is 1. The second-order valence-corrected chi connectivity index (χ2v) is 7.00. The van der Waals surface area contributed by atoms with E-state index in [0.717, 1.165) is 18.4 Å². The Bertz CT molecular complexity index is 562. The molecule has 0 saturated carbocycles. The third-order valence-corrected chi connectivity index (χ3v) is 4.94. The van der Waals surface area contributed by atoms with Crippen molar-refractivity contribution in [3.63, 3.8) is 0 Å². The van der Waals surface area contributed by atoms with Crippen molar-refractivity contribution in [3.05, 3.63) is 22.7 Å². The van der Waals surface area contributed by atoms with E-state index in [4.69, 9.17) is 22.1 Å². The van der Waals surface area contributed by atoms with Gasteiger partial charge in [-0.05, 0) is 37.5 Å². The minimum absolute atomic E-state index is 0.0131. The van der Waals surface area contributed by atoms with Gasteiger partial charge < -0.3 is 10.5 Å². The maximum absolute atomic E-state index is 12.2. The molecule has 0 amide bonds. The van der Waals surface area contributed by atoms with Gasteiger partial charge in [0, 0.05) is 25.4 Å². The van der Waals surface area contributed by atoms with Crippen molar-refractivity contribution in [2.24, 2.45) is 0 Å². The quantitative estimate of drug-likeness (QED) is 0.537. The molecule has 0 aliphatic carbocycles. The Morgan fingerprint density at radius 3 is 2.62 bits per heavy atom. The number of ether oxygens (including phenoxy) is 1. The van der Waals surface area contributed by atoms with Gasteiger partial charge in [0.05, 0.1) is 5.02 Å². The predicted molar refractivity (Wildman–Crippen MR) is 86.1 cm³/mol. The molecule has 7 heteroatoms. The van der Waals surface area contributed by atoms with Crippen LogP contribution in [0.5, 0.6) is 0 Å². The molecule has 0 atom stereocenters. The lowest BCUT2D eigenvalue weighted by atomic mass is 10.2. The lowest BCUT2D eigenvalue weighted by Crippen LogP contribution is -2.26. The zero-order chi connectivity index (χ0) is 15.9. The Kier molecular flexibility index (Phi) is 7.45. The number of unbranched alkanes of at least 4 members (excludes halogenated alkanes) is 1. The fourth-order valence-electron chi connectivity index (χ4n) is 1.68. The number of hydrogen-bond donors (Lipinski definition) is 2. The van der Waals surface area contributed by atoms with Crippen molar-refractivity contribution in [2.45, 2.75) is 38.0 Å². The number of nitrogens with two attached hydrogens (primary N) is 1. The monoisotopic (exact) mass is 334 g/mol. The van der Waals surface area contributed by atoms with Crippen LogP contribution in [0.3, 0.4) is 0 Å². The van der Waals surface area contributed by atoms with Gasteiger partial charge in [0.1, 0.15) is 4.90 Å². The number of hydrogen-bond acceptors (Lipinski definition) is 4. The number of nitrogens with one attached hydrogen (secondary N) is 1. The van der Waals surface area contributed by atoms with Gasteiger partial charge in [-0.2, -0.15) is 0 Å². The van der Waals surface area contributed by atoms with Crippen LogP contribution in [-0.2, 0) is 14.8 Å². The summed E-state index contributed by atoms with van der Waals surface area (Å²) in [6, 6.07) is 2.94. The molecule has 0 aromatic heterocycles. The first-order valence-corrected chi connectivity index (χ1v) is 8.87. The zero-order valence-electron chi connectivity index (χ0n) is 12.5. The molecule has 120 valence electrons. The second-order valence-electron chi connectivity index (χ2n) is 4.86. The first-order chi connectivity index (χ1) is 9.88. The lowest BCUT2D eigenvalue weighted by molar-refractivity contribution is 0.130. The Morgan fingerprint density at radius 1 is 1.29 bits per heavy atom. The summed E-state index contributed by atoms with van der Waals surface area (Å²) in [5, 5.41) is 0.174. The fraction of sp³-hybridized carbons (Fsp3) is 0.571. The van der Waals surface area contributed by atoms with Crippen LogP contribution in [0.4, 0.5) is 5.69 Å². The topological polar surface area (TPSA) is 81.4 Å². The average Bonchev–Trinajstić information content (AvgIpc) is 2.41. The summed E-state index contributed by atoms with van der Waals surface area (Å²) >= 11 is 5.98. The molecule has 0 aliphatic rings. The molecular weight excluding hydrogens is 312 g/mol. The van der Waals surface area contributed by atoms with Gasteiger partial charge in [0.25, 0.3) is 0 Å². The minimum Gasteiger partial charge on any atom is -0.398 e. The zero-order valence-corrected chi connectivity index (χ0v) is 14.1. The van der Waals surface area contributed by atoms with Crippen LogP contribution in [0.2, 0.25) is 5.02 Å². The molecule has 3 N–H and O–H groups in total. The van der Waals surface area contributed by atoms with Crippen molar-refractivity contribution in [2.75, 3.05) is 25.5 Å². The molecule has 1 aromatic carbocycles. The molecule has 21 heavy (non-hydrogen) atoms. The van der Waals surface area contributed by atoms with Crippen molar-refractivity contribution < 1.29 is 13.2 Å². The summed E-state index contributed by atoms with van der Waals surface area (Å²) in [6.45, 7) is 5.42. The summed E-state index contributed by atoms with van der Waals surface area (Å²) in [4.78, 5) is 0.0131. The summed E-state index contributed by atoms with van der Waals surface area (Å²) < 4.78 is 32.2. The molecule has 0 heterocycles. The average molecular weight is 335 g/mol. The molecular formula is C14H23ClN2O3S. The molecule has 0 bridgehead atoms. The van der Waals surface area contributed by atoms with Gasteiger partial charge in [-0.15, -0.1) is 0 Å². The van der Waals surface area contributed by atoms with Crippen LogP contribution in [0, 0.1) is 6.92 Å². The second kappa shape index (κ2) is 8.58. The first kappa shape index (κ1) is 18.2. The largest absolute Gasteiger partial charge is 0.398 e. The third kappa shape index (κ3) is 5.82. The molecule has 0 saturated heterocycles. The molecule has 0 radical (unpaired) electrons. The predicted octanol–water partition coefficient (Wildman–Crippen LogP) is 2.72. The van der Waals surface area contributed by atoms with Gasteiger partial charge in [0.2, 0.25) is 10.0 Å². The standard InChI is InChI=1S/C14H23ClN2O3S/c1-3-4-7-20-8-5-6-17-21(18,19)14-10-13(16)11(2)9-12(14)15/h9-10,17H,3-8,16H2,1-2H3. The van der Waals surface area contributed by atoms with E-state index in [1.165, 1.54) is 6.07 Å².